The fourth-order valence-corrected chi connectivity index (χ4v) is 3.24. The van der Waals surface area contributed by atoms with Gasteiger partial charge >= 0.3 is 0 Å². The van der Waals surface area contributed by atoms with Gasteiger partial charge in [-0.3, -0.25) is 0 Å². The number of rotatable bonds is 4. The smallest absolute Gasteiger partial charge is 0.0757 e. The van der Waals surface area contributed by atoms with Crippen LogP contribution >= 0.6 is 0 Å². The molecule has 1 aromatic carbocycles. The molecular formula is C16H20N2O. The second-order valence-corrected chi connectivity index (χ2v) is 5.81. The van der Waals surface area contributed by atoms with Crippen LogP contribution in [-0.4, -0.2) is 23.7 Å². The summed E-state index contributed by atoms with van der Waals surface area (Å²) in [6, 6.07) is 9.04. The van der Waals surface area contributed by atoms with Crippen LogP contribution in [0.25, 0.3) is 10.9 Å². The van der Waals surface area contributed by atoms with Crippen molar-refractivity contribution in [1.29, 1.82) is 0 Å². The normalized spacial score (nSPS) is 27.2. The number of benzene rings is 1. The lowest BCUT2D eigenvalue weighted by atomic mass is 10.1. The molecule has 1 aromatic heterocycles. The molecule has 0 amide bonds. The second-order valence-electron chi connectivity index (χ2n) is 5.81. The summed E-state index contributed by atoms with van der Waals surface area (Å²) < 4.78 is 5.88. The van der Waals surface area contributed by atoms with Gasteiger partial charge in [0.05, 0.1) is 6.10 Å². The molecule has 2 fully saturated rings. The highest BCUT2D eigenvalue weighted by molar-refractivity contribution is 5.82. The Labute approximate surface area is 113 Å². The summed E-state index contributed by atoms with van der Waals surface area (Å²) in [5.41, 5.74) is 2.58. The summed E-state index contributed by atoms with van der Waals surface area (Å²) in [7, 11) is 0. The largest absolute Gasteiger partial charge is 0.376 e. The number of aromatic amines is 1. The number of hydrogen-bond donors (Lipinski definition) is 2. The van der Waals surface area contributed by atoms with Crippen molar-refractivity contribution in [3.05, 3.63) is 36.0 Å². The summed E-state index contributed by atoms with van der Waals surface area (Å²) in [4.78, 5) is 3.34. The number of H-pyrrole nitrogens is 1. The summed E-state index contributed by atoms with van der Waals surface area (Å²) >= 11 is 0. The Bertz CT molecular complexity index is 573. The number of ether oxygens (including phenoxy) is 1. The maximum atomic E-state index is 5.88. The maximum Gasteiger partial charge on any atom is 0.0757 e. The van der Waals surface area contributed by atoms with Crippen molar-refractivity contribution in [2.75, 3.05) is 6.61 Å². The third-order valence-corrected chi connectivity index (χ3v) is 4.45. The standard InChI is InChI=1S/C16H20N2O/c1-2-4-14-13(3-1)12(9-17-14)10-18-15-7-8-19-16(15)11-5-6-11/h1-4,9,11,15-18H,5-8,10H2. The van der Waals surface area contributed by atoms with Crippen LogP contribution in [0.5, 0.6) is 0 Å². The molecule has 2 aliphatic rings. The molecule has 3 heteroatoms. The van der Waals surface area contributed by atoms with E-state index in [4.69, 9.17) is 4.74 Å². The molecule has 2 atom stereocenters. The van der Waals surface area contributed by atoms with Crippen LogP contribution in [0.1, 0.15) is 24.8 Å². The molecule has 0 radical (unpaired) electrons. The van der Waals surface area contributed by atoms with E-state index in [1.54, 1.807) is 0 Å². The lowest BCUT2D eigenvalue weighted by Gasteiger charge is -2.19. The van der Waals surface area contributed by atoms with Crippen LogP contribution in [0.3, 0.4) is 0 Å². The molecule has 0 bridgehead atoms. The van der Waals surface area contributed by atoms with Gasteiger partial charge in [0.1, 0.15) is 0 Å². The van der Waals surface area contributed by atoms with Gasteiger partial charge in [-0.2, -0.15) is 0 Å². The van der Waals surface area contributed by atoms with Crippen molar-refractivity contribution in [3.63, 3.8) is 0 Å². The molecule has 2 aromatic rings. The van der Waals surface area contributed by atoms with E-state index in [0.717, 1.165) is 25.5 Å². The number of aromatic nitrogens is 1. The van der Waals surface area contributed by atoms with Crippen molar-refractivity contribution in [2.24, 2.45) is 5.92 Å². The molecule has 2 N–H and O–H groups in total. The predicted octanol–water partition coefficient (Wildman–Crippen LogP) is 2.83. The van der Waals surface area contributed by atoms with Crippen LogP contribution in [0, 0.1) is 5.92 Å². The average Bonchev–Trinajstić information content (AvgIpc) is 3.04. The van der Waals surface area contributed by atoms with Crippen LogP contribution in [0.2, 0.25) is 0 Å². The van der Waals surface area contributed by atoms with E-state index in [-0.39, 0.29) is 0 Å². The van der Waals surface area contributed by atoms with Crippen LogP contribution in [-0.2, 0) is 11.3 Å². The van der Waals surface area contributed by atoms with E-state index in [1.807, 2.05) is 0 Å². The fourth-order valence-electron chi connectivity index (χ4n) is 3.24. The number of nitrogens with one attached hydrogen (secondary N) is 2. The number of para-hydroxylation sites is 1. The molecule has 4 rings (SSSR count). The first-order valence-electron chi connectivity index (χ1n) is 7.32. The fraction of sp³-hybridized carbons (Fsp3) is 0.500. The van der Waals surface area contributed by atoms with Crippen molar-refractivity contribution >= 4 is 10.9 Å². The molecular weight excluding hydrogens is 236 g/mol. The zero-order valence-electron chi connectivity index (χ0n) is 11.1. The SMILES string of the molecule is c1ccc2c(CNC3CCOC3C3CC3)c[nH]c2c1. The van der Waals surface area contributed by atoms with Gasteiger partial charge < -0.3 is 15.0 Å². The van der Waals surface area contributed by atoms with Crippen LogP contribution in [0.15, 0.2) is 30.5 Å². The lowest BCUT2D eigenvalue weighted by Crippen LogP contribution is -2.37. The Morgan fingerprint density at radius 2 is 2.11 bits per heavy atom. The first kappa shape index (κ1) is 11.5. The molecule has 1 aliphatic carbocycles. The zero-order valence-corrected chi connectivity index (χ0v) is 11.1. The van der Waals surface area contributed by atoms with Gasteiger partial charge in [0.2, 0.25) is 0 Å². The summed E-state index contributed by atoms with van der Waals surface area (Å²) in [5, 5.41) is 5.03. The molecule has 2 heterocycles. The molecule has 0 spiro atoms. The van der Waals surface area contributed by atoms with Crippen LogP contribution in [0.4, 0.5) is 0 Å². The van der Waals surface area contributed by atoms with Gasteiger partial charge in [-0.1, -0.05) is 18.2 Å². The molecule has 1 saturated carbocycles. The number of fused-ring (bicyclic) bond motifs is 1. The summed E-state index contributed by atoms with van der Waals surface area (Å²) in [6.07, 6.45) is 6.46. The molecule has 3 nitrogen and oxygen atoms in total. The Morgan fingerprint density at radius 3 is 3.00 bits per heavy atom. The topological polar surface area (TPSA) is 37.0 Å². The highest BCUT2D eigenvalue weighted by Crippen LogP contribution is 2.38. The van der Waals surface area contributed by atoms with Gasteiger partial charge in [0.25, 0.3) is 0 Å². The minimum absolute atomic E-state index is 0.463. The zero-order chi connectivity index (χ0) is 12.7. The van der Waals surface area contributed by atoms with Gasteiger partial charge in [0.15, 0.2) is 0 Å². The molecule has 1 saturated heterocycles. The first-order chi connectivity index (χ1) is 9.42. The van der Waals surface area contributed by atoms with Gasteiger partial charge in [-0.15, -0.1) is 0 Å². The Balaban J connectivity index is 1.46. The molecule has 2 unspecified atom stereocenters. The minimum Gasteiger partial charge on any atom is -0.376 e. The van der Waals surface area contributed by atoms with E-state index in [9.17, 15) is 0 Å². The second kappa shape index (κ2) is 4.66. The van der Waals surface area contributed by atoms with E-state index in [2.05, 4.69) is 40.8 Å². The number of hydrogen-bond acceptors (Lipinski definition) is 2. The van der Waals surface area contributed by atoms with E-state index >= 15 is 0 Å². The Hall–Kier alpha value is -1.32. The van der Waals surface area contributed by atoms with E-state index in [1.165, 1.54) is 29.3 Å². The summed E-state index contributed by atoms with van der Waals surface area (Å²) in [5.74, 6) is 0.822. The minimum atomic E-state index is 0.463. The van der Waals surface area contributed by atoms with Gasteiger partial charge in [0, 0.05) is 36.3 Å². The highest BCUT2D eigenvalue weighted by atomic mass is 16.5. The Kier molecular flexibility index (Phi) is 2.82. The third kappa shape index (κ3) is 2.17. The highest BCUT2D eigenvalue weighted by Gasteiger charge is 2.40. The van der Waals surface area contributed by atoms with Crippen molar-refractivity contribution < 1.29 is 4.74 Å². The lowest BCUT2D eigenvalue weighted by molar-refractivity contribution is 0.0809. The Morgan fingerprint density at radius 1 is 1.21 bits per heavy atom. The molecule has 1 aliphatic heterocycles. The van der Waals surface area contributed by atoms with Crippen molar-refractivity contribution in [1.82, 2.24) is 10.3 Å². The van der Waals surface area contributed by atoms with E-state index < -0.39 is 0 Å². The average molecular weight is 256 g/mol. The quantitative estimate of drug-likeness (QED) is 0.882. The van der Waals surface area contributed by atoms with Crippen molar-refractivity contribution in [3.8, 4) is 0 Å². The van der Waals surface area contributed by atoms with Gasteiger partial charge in [-0.25, -0.2) is 0 Å². The van der Waals surface area contributed by atoms with Gasteiger partial charge in [-0.05, 0) is 36.8 Å². The monoisotopic (exact) mass is 256 g/mol. The first-order valence-corrected chi connectivity index (χ1v) is 7.32. The summed E-state index contributed by atoms with van der Waals surface area (Å²) in [6.45, 7) is 1.86. The maximum absolute atomic E-state index is 5.88. The molecule has 100 valence electrons. The van der Waals surface area contributed by atoms with Crippen LogP contribution < -0.4 is 5.32 Å². The molecule has 19 heavy (non-hydrogen) atoms. The van der Waals surface area contributed by atoms with E-state index in [0.29, 0.717) is 12.1 Å². The third-order valence-electron chi connectivity index (χ3n) is 4.45. The predicted molar refractivity (Wildman–Crippen MR) is 76.0 cm³/mol. The van der Waals surface area contributed by atoms with Crippen molar-refractivity contribution in [2.45, 2.75) is 38.0 Å².